The second-order valence-corrected chi connectivity index (χ2v) is 8.55. The number of amides is 2. The molecule has 1 atom stereocenters. The van der Waals surface area contributed by atoms with Crippen LogP contribution in [0.2, 0.25) is 0 Å². The van der Waals surface area contributed by atoms with E-state index in [1.165, 1.54) is 0 Å². The van der Waals surface area contributed by atoms with Gasteiger partial charge in [-0.15, -0.1) is 6.58 Å². The van der Waals surface area contributed by atoms with E-state index in [0.29, 0.717) is 31.6 Å². The highest BCUT2D eigenvalue weighted by Gasteiger charge is 2.43. The van der Waals surface area contributed by atoms with Crippen molar-refractivity contribution in [2.45, 2.75) is 19.3 Å². The number of hydrogen-bond donors (Lipinski definition) is 1. The van der Waals surface area contributed by atoms with Gasteiger partial charge in [0.1, 0.15) is 0 Å². The number of likely N-dealkylation sites (tertiary alicyclic amines) is 1. The standard InChI is InChI=1S/C28H29N3O2/c1-2-16-30-27(33)28(15-9-18-31(21-28)26(32)22-10-4-3-5-11-22)19-23-12-6-7-14-25(23)24-13-8-17-29-20-24/h2-8,10-14,17,20H,1,9,15-16,18-19,21H2,(H,30,33)/t28-/m1/s1. The summed E-state index contributed by atoms with van der Waals surface area (Å²) in [6, 6.07) is 21.4. The number of carbonyl (C=O) groups is 2. The molecular weight excluding hydrogens is 410 g/mol. The smallest absolute Gasteiger partial charge is 0.253 e. The number of benzene rings is 2. The highest BCUT2D eigenvalue weighted by atomic mass is 16.2. The third-order valence-electron chi connectivity index (χ3n) is 6.29. The average Bonchev–Trinajstić information content (AvgIpc) is 2.88. The first-order valence-corrected chi connectivity index (χ1v) is 11.3. The second kappa shape index (κ2) is 10.3. The van der Waals surface area contributed by atoms with E-state index in [1.807, 2.05) is 65.7 Å². The van der Waals surface area contributed by atoms with Crippen LogP contribution in [-0.4, -0.2) is 41.3 Å². The number of pyridine rings is 1. The van der Waals surface area contributed by atoms with Crippen molar-refractivity contribution in [3.63, 3.8) is 0 Å². The first kappa shape index (κ1) is 22.5. The maximum Gasteiger partial charge on any atom is 0.253 e. The lowest BCUT2D eigenvalue weighted by atomic mass is 9.73. The Balaban J connectivity index is 1.68. The number of nitrogens with zero attached hydrogens (tertiary/aromatic N) is 2. The Kier molecular flexibility index (Phi) is 6.98. The lowest BCUT2D eigenvalue weighted by molar-refractivity contribution is -0.133. The quantitative estimate of drug-likeness (QED) is 0.551. The van der Waals surface area contributed by atoms with Gasteiger partial charge in [-0.1, -0.05) is 54.6 Å². The summed E-state index contributed by atoms with van der Waals surface area (Å²) in [6.45, 7) is 5.16. The molecule has 5 nitrogen and oxygen atoms in total. The summed E-state index contributed by atoms with van der Waals surface area (Å²) in [5.74, 6) is -0.0642. The van der Waals surface area contributed by atoms with E-state index in [2.05, 4.69) is 29.0 Å². The molecule has 2 amide bonds. The topological polar surface area (TPSA) is 62.3 Å². The first-order chi connectivity index (χ1) is 16.1. The molecule has 33 heavy (non-hydrogen) atoms. The molecule has 0 aliphatic carbocycles. The van der Waals surface area contributed by atoms with Crippen LogP contribution in [0.4, 0.5) is 0 Å². The van der Waals surface area contributed by atoms with Gasteiger partial charge < -0.3 is 10.2 Å². The predicted molar refractivity (Wildman–Crippen MR) is 131 cm³/mol. The third kappa shape index (κ3) is 5.03. The van der Waals surface area contributed by atoms with Crippen LogP contribution >= 0.6 is 0 Å². The molecule has 0 saturated carbocycles. The monoisotopic (exact) mass is 439 g/mol. The molecule has 0 bridgehead atoms. The molecule has 5 heteroatoms. The maximum atomic E-state index is 13.5. The zero-order valence-electron chi connectivity index (χ0n) is 18.7. The van der Waals surface area contributed by atoms with E-state index in [0.717, 1.165) is 29.5 Å². The SMILES string of the molecule is C=CCNC(=O)[C@@]1(Cc2ccccc2-c2cccnc2)CCCN(C(=O)c2ccccc2)C1. The Morgan fingerprint density at radius 2 is 1.85 bits per heavy atom. The Labute approximate surface area is 195 Å². The van der Waals surface area contributed by atoms with Crippen molar-refractivity contribution in [3.8, 4) is 11.1 Å². The Morgan fingerprint density at radius 3 is 2.61 bits per heavy atom. The molecule has 1 aromatic heterocycles. The van der Waals surface area contributed by atoms with Crippen LogP contribution in [0.5, 0.6) is 0 Å². The fourth-order valence-electron chi connectivity index (χ4n) is 4.67. The lowest BCUT2D eigenvalue weighted by Crippen LogP contribution is -2.54. The van der Waals surface area contributed by atoms with E-state index in [1.54, 1.807) is 12.3 Å². The summed E-state index contributed by atoms with van der Waals surface area (Å²) in [4.78, 5) is 32.9. The van der Waals surface area contributed by atoms with Gasteiger partial charge in [-0.05, 0) is 48.6 Å². The Hall–Kier alpha value is -3.73. The fraction of sp³-hybridized carbons (Fsp3) is 0.250. The van der Waals surface area contributed by atoms with E-state index in [4.69, 9.17) is 0 Å². The number of rotatable bonds is 7. The van der Waals surface area contributed by atoms with Gasteiger partial charge in [-0.2, -0.15) is 0 Å². The molecular formula is C28H29N3O2. The molecule has 0 spiro atoms. The maximum absolute atomic E-state index is 13.5. The molecule has 1 aliphatic heterocycles. The van der Waals surface area contributed by atoms with Gasteiger partial charge in [-0.3, -0.25) is 14.6 Å². The van der Waals surface area contributed by atoms with Crippen molar-refractivity contribution in [1.29, 1.82) is 0 Å². The summed E-state index contributed by atoms with van der Waals surface area (Å²) < 4.78 is 0. The van der Waals surface area contributed by atoms with Gasteiger partial charge in [0, 0.05) is 43.2 Å². The molecule has 1 aliphatic rings. The molecule has 0 unspecified atom stereocenters. The summed E-state index contributed by atoms with van der Waals surface area (Å²) in [7, 11) is 0. The number of carbonyl (C=O) groups excluding carboxylic acids is 2. The molecule has 1 fully saturated rings. The average molecular weight is 440 g/mol. The van der Waals surface area contributed by atoms with Crippen molar-refractivity contribution in [2.24, 2.45) is 5.41 Å². The van der Waals surface area contributed by atoms with Crippen LogP contribution in [0.15, 0.2) is 91.8 Å². The van der Waals surface area contributed by atoms with Crippen molar-refractivity contribution >= 4 is 11.8 Å². The summed E-state index contributed by atoms with van der Waals surface area (Å²) in [5, 5.41) is 3.01. The van der Waals surface area contributed by atoms with Crippen molar-refractivity contribution in [2.75, 3.05) is 19.6 Å². The van der Waals surface area contributed by atoms with Crippen molar-refractivity contribution in [1.82, 2.24) is 15.2 Å². The number of aromatic nitrogens is 1. The third-order valence-corrected chi connectivity index (χ3v) is 6.29. The number of hydrogen-bond acceptors (Lipinski definition) is 3. The number of piperidine rings is 1. The lowest BCUT2D eigenvalue weighted by Gasteiger charge is -2.42. The van der Waals surface area contributed by atoms with E-state index in [9.17, 15) is 9.59 Å². The molecule has 4 rings (SSSR count). The van der Waals surface area contributed by atoms with Gasteiger partial charge >= 0.3 is 0 Å². The van der Waals surface area contributed by atoms with Crippen LogP contribution < -0.4 is 5.32 Å². The molecule has 0 radical (unpaired) electrons. The minimum atomic E-state index is -0.718. The van der Waals surface area contributed by atoms with Gasteiger partial charge in [0.2, 0.25) is 5.91 Å². The minimum absolute atomic E-state index is 0.0308. The van der Waals surface area contributed by atoms with Gasteiger partial charge in [0.05, 0.1) is 5.41 Å². The largest absolute Gasteiger partial charge is 0.352 e. The van der Waals surface area contributed by atoms with Crippen LogP contribution in [0.3, 0.4) is 0 Å². The highest BCUT2D eigenvalue weighted by Crippen LogP contribution is 2.37. The Bertz CT molecular complexity index is 1110. The Morgan fingerprint density at radius 1 is 1.06 bits per heavy atom. The fourth-order valence-corrected chi connectivity index (χ4v) is 4.67. The summed E-state index contributed by atoms with van der Waals surface area (Å²) in [5.41, 5.74) is 3.09. The first-order valence-electron chi connectivity index (χ1n) is 11.3. The molecule has 1 N–H and O–H groups in total. The van der Waals surface area contributed by atoms with Crippen LogP contribution in [0.25, 0.3) is 11.1 Å². The predicted octanol–water partition coefficient (Wildman–Crippen LogP) is 4.52. The number of nitrogens with one attached hydrogen (secondary N) is 1. The summed E-state index contributed by atoms with van der Waals surface area (Å²) in [6.07, 6.45) is 7.31. The van der Waals surface area contributed by atoms with Crippen LogP contribution in [0.1, 0.15) is 28.8 Å². The van der Waals surface area contributed by atoms with Gasteiger partial charge in [0.25, 0.3) is 5.91 Å². The van der Waals surface area contributed by atoms with Crippen LogP contribution in [0, 0.1) is 5.41 Å². The highest BCUT2D eigenvalue weighted by molar-refractivity contribution is 5.95. The van der Waals surface area contributed by atoms with E-state index in [-0.39, 0.29) is 11.8 Å². The second-order valence-electron chi connectivity index (χ2n) is 8.55. The zero-order chi connectivity index (χ0) is 23.1. The molecule has 3 aromatic rings. The van der Waals surface area contributed by atoms with Crippen molar-refractivity contribution in [3.05, 3.63) is 103 Å². The van der Waals surface area contributed by atoms with Crippen LogP contribution in [-0.2, 0) is 11.2 Å². The molecule has 2 aromatic carbocycles. The molecule has 168 valence electrons. The molecule has 1 saturated heterocycles. The van der Waals surface area contributed by atoms with E-state index < -0.39 is 5.41 Å². The minimum Gasteiger partial charge on any atom is -0.352 e. The zero-order valence-corrected chi connectivity index (χ0v) is 18.7. The van der Waals surface area contributed by atoms with Crippen molar-refractivity contribution < 1.29 is 9.59 Å². The normalized spacial score (nSPS) is 17.9. The van der Waals surface area contributed by atoms with Gasteiger partial charge in [0.15, 0.2) is 0 Å². The summed E-state index contributed by atoms with van der Waals surface area (Å²) >= 11 is 0. The molecule has 2 heterocycles. The van der Waals surface area contributed by atoms with Gasteiger partial charge in [-0.25, -0.2) is 0 Å². The van der Waals surface area contributed by atoms with E-state index >= 15 is 0 Å².